The number of benzene rings is 2. The van der Waals surface area contributed by atoms with Crippen molar-refractivity contribution in [2.45, 2.75) is 31.2 Å². The van der Waals surface area contributed by atoms with E-state index in [2.05, 4.69) is 22.2 Å². The molecule has 1 aromatic heterocycles. The maximum atomic E-state index is 13.3. The molecule has 124 valence electrons. The summed E-state index contributed by atoms with van der Waals surface area (Å²) in [5.74, 6) is 0.278. The third-order valence-electron chi connectivity index (χ3n) is 5.03. The predicted molar refractivity (Wildman–Crippen MR) is 91.4 cm³/mol. The van der Waals surface area contributed by atoms with Gasteiger partial charge in [-0.25, -0.2) is 9.37 Å². The van der Waals surface area contributed by atoms with Gasteiger partial charge < -0.3 is 0 Å². The van der Waals surface area contributed by atoms with Gasteiger partial charge in [0.1, 0.15) is 18.5 Å². The molecule has 1 heterocycles. The van der Waals surface area contributed by atoms with Gasteiger partial charge in [-0.1, -0.05) is 18.2 Å². The Kier molecular flexibility index (Phi) is 4.02. The highest BCUT2D eigenvalue weighted by Gasteiger charge is 2.31. The van der Waals surface area contributed by atoms with E-state index in [1.54, 1.807) is 6.33 Å². The number of halogens is 1. The topological polar surface area (TPSA) is 54.5 Å². The van der Waals surface area contributed by atoms with Crippen molar-refractivity contribution in [3.05, 3.63) is 83.2 Å². The highest BCUT2D eigenvalue weighted by atomic mass is 19.1. The molecule has 2 aromatic carbocycles. The second-order valence-corrected chi connectivity index (χ2v) is 6.45. The fourth-order valence-electron chi connectivity index (χ4n) is 3.85. The van der Waals surface area contributed by atoms with Crippen molar-refractivity contribution in [1.29, 1.82) is 5.26 Å². The van der Waals surface area contributed by atoms with Gasteiger partial charge in [0.15, 0.2) is 0 Å². The zero-order valence-corrected chi connectivity index (χ0v) is 13.6. The lowest BCUT2D eigenvalue weighted by Gasteiger charge is -2.34. The normalized spacial score (nSPS) is 19.2. The van der Waals surface area contributed by atoms with E-state index in [9.17, 15) is 4.39 Å². The molecule has 0 spiro atoms. The summed E-state index contributed by atoms with van der Waals surface area (Å²) in [7, 11) is 0. The molecule has 0 amide bonds. The molecule has 25 heavy (non-hydrogen) atoms. The van der Waals surface area contributed by atoms with E-state index in [1.807, 2.05) is 28.9 Å². The largest absolute Gasteiger partial charge is 0.252 e. The number of hydrogen-bond acceptors (Lipinski definition) is 3. The molecule has 4 nitrogen and oxygen atoms in total. The van der Waals surface area contributed by atoms with Crippen LogP contribution in [-0.4, -0.2) is 14.8 Å². The maximum absolute atomic E-state index is 13.3. The molecule has 0 bridgehead atoms. The van der Waals surface area contributed by atoms with Crippen molar-refractivity contribution < 1.29 is 4.39 Å². The minimum atomic E-state index is -0.216. The Morgan fingerprint density at radius 3 is 2.76 bits per heavy atom. The van der Waals surface area contributed by atoms with E-state index in [1.165, 1.54) is 29.6 Å². The zero-order valence-electron chi connectivity index (χ0n) is 13.6. The lowest BCUT2D eigenvalue weighted by Crippen LogP contribution is -2.24. The number of hydrogen-bond donors (Lipinski definition) is 0. The average Bonchev–Trinajstić information content (AvgIpc) is 3.15. The Hall–Kier alpha value is -3.00. The smallest absolute Gasteiger partial charge is 0.137 e. The van der Waals surface area contributed by atoms with Crippen LogP contribution in [0.25, 0.3) is 0 Å². The van der Waals surface area contributed by atoms with Gasteiger partial charge >= 0.3 is 0 Å². The van der Waals surface area contributed by atoms with Crippen molar-refractivity contribution in [2.24, 2.45) is 0 Å². The van der Waals surface area contributed by atoms with Crippen molar-refractivity contribution >= 4 is 0 Å². The Labute approximate surface area is 145 Å². The van der Waals surface area contributed by atoms with Crippen LogP contribution in [0.3, 0.4) is 0 Å². The number of aromatic nitrogens is 3. The van der Waals surface area contributed by atoms with E-state index in [-0.39, 0.29) is 17.7 Å². The highest BCUT2D eigenvalue weighted by molar-refractivity contribution is 5.43. The van der Waals surface area contributed by atoms with E-state index in [4.69, 9.17) is 5.26 Å². The van der Waals surface area contributed by atoms with Gasteiger partial charge in [0.25, 0.3) is 0 Å². The average molecular weight is 332 g/mol. The van der Waals surface area contributed by atoms with Gasteiger partial charge in [0, 0.05) is 5.92 Å². The summed E-state index contributed by atoms with van der Waals surface area (Å²) in [5, 5.41) is 13.4. The molecular formula is C20H17FN4. The fraction of sp³-hybridized carbons (Fsp3) is 0.250. The zero-order chi connectivity index (χ0) is 17.2. The van der Waals surface area contributed by atoms with E-state index < -0.39 is 0 Å². The molecule has 5 heteroatoms. The molecule has 0 radical (unpaired) electrons. The van der Waals surface area contributed by atoms with Crippen LogP contribution >= 0.6 is 0 Å². The minimum absolute atomic E-state index is 0.212. The Morgan fingerprint density at radius 2 is 2.04 bits per heavy atom. The van der Waals surface area contributed by atoms with Crippen LogP contribution < -0.4 is 0 Å². The second-order valence-electron chi connectivity index (χ2n) is 6.45. The van der Waals surface area contributed by atoms with Crippen molar-refractivity contribution in [1.82, 2.24) is 14.8 Å². The Bertz CT molecular complexity index is 910. The molecule has 1 aliphatic rings. The molecule has 2 atom stereocenters. The van der Waals surface area contributed by atoms with Crippen molar-refractivity contribution in [3.63, 3.8) is 0 Å². The summed E-state index contributed by atoms with van der Waals surface area (Å²) in [6.07, 6.45) is 5.14. The summed E-state index contributed by atoms with van der Waals surface area (Å²) in [6, 6.07) is 14.9. The van der Waals surface area contributed by atoms with Gasteiger partial charge in [-0.15, -0.1) is 0 Å². The molecule has 3 aromatic rings. The third kappa shape index (κ3) is 3.03. The van der Waals surface area contributed by atoms with Gasteiger partial charge in [0.05, 0.1) is 18.2 Å². The molecule has 0 fully saturated rings. The lowest BCUT2D eigenvalue weighted by atomic mass is 9.72. The molecular weight excluding hydrogens is 315 g/mol. The number of nitrogens with zero attached hydrogens (tertiary/aromatic N) is 4. The summed E-state index contributed by atoms with van der Waals surface area (Å²) >= 11 is 0. The predicted octanol–water partition coefficient (Wildman–Crippen LogP) is 3.80. The van der Waals surface area contributed by atoms with Crippen molar-refractivity contribution in [3.8, 4) is 6.07 Å². The molecule has 0 unspecified atom stereocenters. The van der Waals surface area contributed by atoms with Crippen LogP contribution in [-0.2, 0) is 13.0 Å². The van der Waals surface area contributed by atoms with E-state index in [0.717, 1.165) is 18.4 Å². The first-order valence-corrected chi connectivity index (χ1v) is 8.35. The van der Waals surface area contributed by atoms with Crippen LogP contribution in [0, 0.1) is 17.1 Å². The van der Waals surface area contributed by atoms with Gasteiger partial charge in [0.2, 0.25) is 0 Å². The van der Waals surface area contributed by atoms with Gasteiger partial charge in [-0.05, 0) is 59.7 Å². The quantitative estimate of drug-likeness (QED) is 0.733. The summed E-state index contributed by atoms with van der Waals surface area (Å²) in [4.78, 5) is 4.04. The second kappa shape index (κ2) is 6.48. The summed E-state index contributed by atoms with van der Waals surface area (Å²) < 4.78 is 15.2. The van der Waals surface area contributed by atoms with E-state index >= 15 is 0 Å². The number of fused-ring (bicyclic) bond motifs is 1. The molecule has 0 aliphatic heterocycles. The lowest BCUT2D eigenvalue weighted by molar-refractivity contribution is 0.404. The highest BCUT2D eigenvalue weighted by Crippen LogP contribution is 2.43. The molecule has 4 rings (SSSR count). The first-order valence-electron chi connectivity index (χ1n) is 8.35. The van der Waals surface area contributed by atoms with Gasteiger partial charge in [-0.2, -0.15) is 10.4 Å². The van der Waals surface area contributed by atoms with Gasteiger partial charge in [-0.3, -0.25) is 4.68 Å². The third-order valence-corrected chi connectivity index (χ3v) is 5.03. The fourth-order valence-corrected chi connectivity index (χ4v) is 3.85. The number of rotatable bonds is 3. The Morgan fingerprint density at radius 1 is 1.20 bits per heavy atom. The van der Waals surface area contributed by atoms with Crippen LogP contribution in [0.5, 0.6) is 0 Å². The Balaban J connectivity index is 1.75. The number of aryl methyl sites for hydroxylation is 1. The van der Waals surface area contributed by atoms with Crippen LogP contribution in [0.2, 0.25) is 0 Å². The van der Waals surface area contributed by atoms with Crippen LogP contribution in [0.1, 0.15) is 40.5 Å². The summed E-state index contributed by atoms with van der Waals surface area (Å²) in [6.45, 7) is 0.709. The maximum Gasteiger partial charge on any atom is 0.137 e. The SMILES string of the molecule is N#Cc1ccc2c(c1)CC[C@H](c1ccc(F)cc1)[C@H]2Cn1cncn1. The van der Waals surface area contributed by atoms with Crippen molar-refractivity contribution in [2.75, 3.05) is 0 Å². The van der Waals surface area contributed by atoms with E-state index in [0.29, 0.717) is 12.1 Å². The number of nitriles is 1. The molecule has 0 N–H and O–H groups in total. The van der Waals surface area contributed by atoms with Crippen LogP contribution in [0.4, 0.5) is 4.39 Å². The molecule has 0 saturated carbocycles. The monoisotopic (exact) mass is 332 g/mol. The summed E-state index contributed by atoms with van der Waals surface area (Å²) in [5.41, 5.74) is 4.30. The standard InChI is InChI=1S/C20H17FN4/c21-17-5-2-15(3-6-17)18-8-4-16-9-14(10-22)1-7-19(16)20(18)11-25-13-23-12-24-25/h1-3,5-7,9,12-13,18,20H,4,8,11H2/t18-,20-/m1/s1. The van der Waals surface area contributed by atoms with Crippen LogP contribution in [0.15, 0.2) is 55.1 Å². The molecule has 1 aliphatic carbocycles. The minimum Gasteiger partial charge on any atom is -0.252 e. The first kappa shape index (κ1) is 15.5. The first-order chi connectivity index (χ1) is 12.2. The molecule has 0 saturated heterocycles.